The Hall–Kier alpha value is -4.36. The van der Waals surface area contributed by atoms with Gasteiger partial charge in [-0.1, -0.05) is 37.8 Å². The van der Waals surface area contributed by atoms with E-state index in [1.807, 2.05) is 31.2 Å². The van der Waals surface area contributed by atoms with Crippen LogP contribution >= 0.6 is 0 Å². The Kier molecular flexibility index (Phi) is 9.08. The quantitative estimate of drug-likeness (QED) is 0.129. The van der Waals surface area contributed by atoms with Crippen LogP contribution in [0.2, 0.25) is 0 Å². The minimum atomic E-state index is -0.253. The maximum absolute atomic E-state index is 14.8. The minimum absolute atomic E-state index is 0.227. The van der Waals surface area contributed by atoms with Gasteiger partial charge in [0.15, 0.2) is 0 Å². The van der Waals surface area contributed by atoms with Crippen LogP contribution in [-0.4, -0.2) is 45.2 Å². The smallest absolute Gasteiger partial charge is 0.132 e. The minimum Gasteiger partial charge on any atom is -0.383 e. The molecule has 7 heteroatoms. The van der Waals surface area contributed by atoms with Gasteiger partial charge in [0.2, 0.25) is 0 Å². The third-order valence-corrected chi connectivity index (χ3v) is 8.07. The van der Waals surface area contributed by atoms with E-state index in [9.17, 15) is 4.39 Å². The zero-order valence-electron chi connectivity index (χ0n) is 24.5. The summed E-state index contributed by atoms with van der Waals surface area (Å²) in [5, 5.41) is 9.93. The average molecular weight is 563 g/mol. The van der Waals surface area contributed by atoms with E-state index in [1.165, 1.54) is 25.9 Å². The number of hydrogen-bond acceptors (Lipinski definition) is 5. The van der Waals surface area contributed by atoms with Crippen LogP contribution in [0.1, 0.15) is 61.9 Å². The molecule has 1 fully saturated rings. The molecule has 0 bridgehead atoms. The summed E-state index contributed by atoms with van der Waals surface area (Å²) in [5.74, 6) is 0.0275. The molecule has 4 N–H and O–H groups in total. The predicted molar refractivity (Wildman–Crippen MR) is 172 cm³/mol. The number of hydrogen-bond donors (Lipinski definition) is 3. The van der Waals surface area contributed by atoms with Crippen LogP contribution in [0.5, 0.6) is 0 Å². The van der Waals surface area contributed by atoms with E-state index in [4.69, 9.17) is 11.1 Å². The van der Waals surface area contributed by atoms with Crippen molar-refractivity contribution in [1.82, 2.24) is 19.9 Å². The first kappa shape index (κ1) is 29.1. The summed E-state index contributed by atoms with van der Waals surface area (Å²) in [7, 11) is 0. The molecule has 3 aromatic heterocycles. The number of likely N-dealkylation sites (tertiary alicyclic amines) is 1. The first-order valence-corrected chi connectivity index (χ1v) is 14.7. The number of pyridine rings is 2. The number of aryl methyl sites for hydroxylation is 1. The topological polar surface area (TPSA) is 94.7 Å². The predicted octanol–water partition coefficient (Wildman–Crippen LogP) is 7.72. The zero-order valence-corrected chi connectivity index (χ0v) is 24.5. The Balaban J connectivity index is 1.44. The molecule has 0 amide bonds. The normalized spacial score (nSPS) is 14.5. The highest BCUT2D eigenvalue weighted by molar-refractivity contribution is 6.15. The molecule has 216 valence electrons. The largest absolute Gasteiger partial charge is 0.383 e. The van der Waals surface area contributed by atoms with Crippen LogP contribution in [0, 0.1) is 11.2 Å². The molecule has 1 aromatic carbocycles. The fourth-order valence-corrected chi connectivity index (χ4v) is 5.70. The number of aromatic amines is 1. The number of aromatic nitrogens is 3. The molecule has 1 saturated heterocycles. The van der Waals surface area contributed by atoms with E-state index in [1.54, 1.807) is 30.7 Å². The van der Waals surface area contributed by atoms with Crippen molar-refractivity contribution >= 4 is 28.0 Å². The number of halogens is 1. The fourth-order valence-electron chi connectivity index (χ4n) is 5.70. The van der Waals surface area contributed by atoms with Crippen LogP contribution in [0.15, 0.2) is 79.3 Å². The van der Waals surface area contributed by atoms with Gasteiger partial charge < -0.3 is 15.6 Å². The van der Waals surface area contributed by atoms with Gasteiger partial charge in [0.05, 0.1) is 23.1 Å². The van der Waals surface area contributed by atoms with Crippen LogP contribution in [0.4, 0.5) is 10.2 Å². The van der Waals surface area contributed by atoms with Gasteiger partial charge in [0.1, 0.15) is 11.6 Å². The van der Waals surface area contributed by atoms with Crippen molar-refractivity contribution in [3.63, 3.8) is 0 Å². The summed E-state index contributed by atoms with van der Waals surface area (Å²) in [6, 6.07) is 9.08. The van der Waals surface area contributed by atoms with Crippen LogP contribution in [0.25, 0.3) is 27.6 Å². The number of rotatable bonds is 11. The summed E-state index contributed by atoms with van der Waals surface area (Å²) in [6.45, 7) is 11.3. The van der Waals surface area contributed by atoms with E-state index in [2.05, 4.69) is 45.5 Å². The van der Waals surface area contributed by atoms with E-state index < -0.39 is 0 Å². The molecule has 0 atom stereocenters. The lowest BCUT2D eigenvalue weighted by Crippen LogP contribution is -2.20. The van der Waals surface area contributed by atoms with Crippen molar-refractivity contribution in [3.05, 3.63) is 108 Å². The van der Waals surface area contributed by atoms with Gasteiger partial charge in [-0.3, -0.25) is 10.4 Å². The van der Waals surface area contributed by atoms with E-state index in [0.717, 1.165) is 70.1 Å². The summed E-state index contributed by atoms with van der Waals surface area (Å²) >= 11 is 0. The first-order valence-electron chi connectivity index (χ1n) is 14.7. The molecule has 0 aliphatic carbocycles. The number of nitrogen functional groups attached to an aromatic ring is 1. The van der Waals surface area contributed by atoms with E-state index in [-0.39, 0.29) is 17.3 Å². The SMILES string of the molecule is C=C/C(=C\C(=C/C)c1cnc(N)c(C(=N)c2cc3c(-c4cc(F)cc(CCCN5CCCC5)c4)cncc3[nH]2)c1)CC. The third-order valence-electron chi connectivity index (χ3n) is 8.07. The maximum atomic E-state index is 14.8. The molecule has 0 unspecified atom stereocenters. The Morgan fingerprint density at radius 1 is 1.14 bits per heavy atom. The Morgan fingerprint density at radius 3 is 2.69 bits per heavy atom. The van der Waals surface area contributed by atoms with Gasteiger partial charge in [-0.25, -0.2) is 9.37 Å². The molecule has 4 heterocycles. The molecule has 0 radical (unpaired) electrons. The molecule has 5 rings (SSSR count). The highest BCUT2D eigenvalue weighted by Crippen LogP contribution is 2.31. The van der Waals surface area contributed by atoms with Crippen LogP contribution in [-0.2, 0) is 6.42 Å². The summed E-state index contributed by atoms with van der Waals surface area (Å²) < 4.78 is 14.8. The van der Waals surface area contributed by atoms with Gasteiger partial charge in [-0.2, -0.15) is 0 Å². The lowest BCUT2D eigenvalue weighted by Gasteiger charge is -2.14. The molecule has 4 aromatic rings. The van der Waals surface area contributed by atoms with E-state index >= 15 is 0 Å². The summed E-state index contributed by atoms with van der Waals surface area (Å²) in [4.78, 5) is 14.7. The summed E-state index contributed by atoms with van der Waals surface area (Å²) in [5.41, 5.74) is 13.9. The number of anilines is 1. The van der Waals surface area contributed by atoms with Gasteiger partial charge >= 0.3 is 0 Å². The standard InChI is InChI=1S/C35H39FN6/c1-4-23(5-2)14-25(6-3)27-18-30(35(38)40-20-27)34(37)32-19-29-31(21-39-22-33(29)41-32)26-15-24(16-28(36)17-26)10-9-13-42-11-7-8-12-42/h4,6,14-22,37,41H,1,5,7-13H2,2-3H3,(H2,38,40)/b23-14+,25-6+,37-34?. The Bertz CT molecular complexity index is 1670. The number of allylic oxidation sites excluding steroid dienone is 5. The lowest BCUT2D eigenvalue weighted by atomic mass is 9.98. The fraction of sp³-hybridized carbons (Fsp3) is 0.286. The van der Waals surface area contributed by atoms with Crippen molar-refractivity contribution in [1.29, 1.82) is 5.41 Å². The Labute approximate surface area is 247 Å². The van der Waals surface area contributed by atoms with Gasteiger partial charge in [-0.05, 0) is 105 Å². The highest BCUT2D eigenvalue weighted by atomic mass is 19.1. The van der Waals surface area contributed by atoms with Crippen molar-refractivity contribution < 1.29 is 4.39 Å². The second kappa shape index (κ2) is 13.1. The second-order valence-electron chi connectivity index (χ2n) is 10.9. The molecule has 0 saturated carbocycles. The maximum Gasteiger partial charge on any atom is 0.132 e. The number of fused-ring (bicyclic) bond motifs is 1. The average Bonchev–Trinajstić information content (AvgIpc) is 3.68. The van der Waals surface area contributed by atoms with Crippen molar-refractivity contribution in [2.24, 2.45) is 0 Å². The highest BCUT2D eigenvalue weighted by Gasteiger charge is 2.17. The second-order valence-corrected chi connectivity index (χ2v) is 10.9. The van der Waals surface area contributed by atoms with Crippen LogP contribution in [0.3, 0.4) is 0 Å². The van der Waals surface area contributed by atoms with Crippen molar-refractivity contribution in [3.8, 4) is 11.1 Å². The monoisotopic (exact) mass is 562 g/mol. The first-order chi connectivity index (χ1) is 20.4. The molecule has 0 spiro atoms. The van der Waals surface area contributed by atoms with Crippen LogP contribution < -0.4 is 5.73 Å². The lowest BCUT2D eigenvalue weighted by molar-refractivity contribution is 0.334. The number of nitrogens with zero attached hydrogens (tertiary/aromatic N) is 3. The van der Waals surface area contributed by atoms with Gasteiger partial charge in [0.25, 0.3) is 0 Å². The molecule has 6 nitrogen and oxygen atoms in total. The molecular weight excluding hydrogens is 523 g/mol. The van der Waals surface area contributed by atoms with E-state index in [0.29, 0.717) is 11.3 Å². The summed E-state index contributed by atoms with van der Waals surface area (Å²) in [6.07, 6.45) is 16.4. The number of H-pyrrole nitrogens is 1. The Morgan fingerprint density at radius 2 is 1.95 bits per heavy atom. The number of benzene rings is 1. The number of nitrogens with one attached hydrogen (secondary N) is 2. The molecule has 42 heavy (non-hydrogen) atoms. The van der Waals surface area contributed by atoms with Gasteiger partial charge in [0, 0.05) is 34.5 Å². The third kappa shape index (κ3) is 6.42. The van der Waals surface area contributed by atoms with Crippen molar-refractivity contribution in [2.45, 2.75) is 46.0 Å². The zero-order chi connectivity index (χ0) is 29.6. The molecule has 1 aliphatic rings. The molecular formula is C35H39FN6. The molecule has 1 aliphatic heterocycles. The van der Waals surface area contributed by atoms with Crippen molar-refractivity contribution in [2.75, 3.05) is 25.4 Å². The van der Waals surface area contributed by atoms with Gasteiger partial charge in [-0.15, -0.1) is 0 Å². The number of nitrogens with two attached hydrogens (primary N) is 1.